The Morgan fingerprint density at radius 1 is 1.33 bits per heavy atom. The van der Waals surface area contributed by atoms with Crippen LogP contribution in [0.25, 0.3) is 0 Å². The van der Waals surface area contributed by atoms with Crippen molar-refractivity contribution in [3.8, 4) is 0 Å². The van der Waals surface area contributed by atoms with E-state index in [0.29, 0.717) is 19.0 Å². The van der Waals surface area contributed by atoms with Crippen LogP contribution in [0.5, 0.6) is 0 Å². The highest BCUT2D eigenvalue weighted by Gasteiger charge is 2.32. The number of carbonyl (C=O) groups excluding carboxylic acids is 1. The van der Waals surface area contributed by atoms with E-state index in [1.54, 1.807) is 0 Å². The van der Waals surface area contributed by atoms with Gasteiger partial charge in [-0.3, -0.25) is 4.79 Å². The molecule has 1 saturated carbocycles. The van der Waals surface area contributed by atoms with Gasteiger partial charge in [0.15, 0.2) is 0 Å². The molecule has 1 aromatic carbocycles. The third-order valence-electron chi connectivity index (χ3n) is 3.65. The minimum Gasteiger partial charge on any atom is -0.390 e. The zero-order chi connectivity index (χ0) is 12.5. The van der Waals surface area contributed by atoms with Gasteiger partial charge in [-0.15, -0.1) is 0 Å². The molecule has 0 spiro atoms. The van der Waals surface area contributed by atoms with Gasteiger partial charge < -0.3 is 15.7 Å². The van der Waals surface area contributed by atoms with Gasteiger partial charge in [-0.05, 0) is 24.0 Å². The molecule has 0 unspecified atom stereocenters. The third kappa shape index (κ3) is 2.40. The number of hydrogen-bond donors (Lipinski definition) is 3. The lowest BCUT2D eigenvalue weighted by atomic mass is 10.1. The van der Waals surface area contributed by atoms with Crippen LogP contribution in [0, 0.1) is 0 Å². The summed E-state index contributed by atoms with van der Waals surface area (Å²) in [6, 6.07) is 8.16. The second kappa shape index (κ2) is 4.71. The van der Waals surface area contributed by atoms with Crippen molar-refractivity contribution in [2.45, 2.75) is 37.5 Å². The summed E-state index contributed by atoms with van der Waals surface area (Å²) in [4.78, 5) is 11.8. The Morgan fingerprint density at radius 2 is 2.11 bits per heavy atom. The fourth-order valence-electron chi connectivity index (χ4n) is 2.50. The first-order valence-electron chi connectivity index (χ1n) is 6.52. The van der Waals surface area contributed by atoms with Crippen molar-refractivity contribution in [3.05, 3.63) is 35.4 Å². The first kappa shape index (κ1) is 11.7. The largest absolute Gasteiger partial charge is 0.390 e. The van der Waals surface area contributed by atoms with E-state index in [0.717, 1.165) is 11.1 Å². The highest BCUT2D eigenvalue weighted by atomic mass is 16.3. The highest BCUT2D eigenvalue weighted by Crippen LogP contribution is 2.31. The SMILES string of the molecule is O=C(CNC1CC1)N[C@H]1c2ccccc2C[C@H]1O. The van der Waals surface area contributed by atoms with Crippen molar-refractivity contribution in [2.24, 2.45) is 0 Å². The summed E-state index contributed by atoms with van der Waals surface area (Å²) in [5.74, 6) is -0.0392. The standard InChI is InChI=1S/C14H18N2O2/c17-12-7-9-3-1-2-4-11(9)14(12)16-13(18)8-15-10-5-6-10/h1-4,10,12,14-15,17H,5-8H2,(H,16,18)/t12-,14+/m1/s1. The summed E-state index contributed by atoms with van der Waals surface area (Å²) in [5, 5.41) is 16.1. The highest BCUT2D eigenvalue weighted by molar-refractivity contribution is 5.78. The molecule has 0 aromatic heterocycles. The Labute approximate surface area is 106 Å². The second-order valence-corrected chi connectivity index (χ2v) is 5.17. The topological polar surface area (TPSA) is 61.4 Å². The molecule has 1 aromatic rings. The van der Waals surface area contributed by atoms with Crippen LogP contribution in [0.4, 0.5) is 0 Å². The van der Waals surface area contributed by atoms with Gasteiger partial charge in [0.1, 0.15) is 0 Å². The fourth-order valence-corrected chi connectivity index (χ4v) is 2.50. The van der Waals surface area contributed by atoms with E-state index < -0.39 is 6.10 Å². The molecule has 0 bridgehead atoms. The van der Waals surface area contributed by atoms with Crippen molar-refractivity contribution in [3.63, 3.8) is 0 Å². The minimum atomic E-state index is -0.507. The Morgan fingerprint density at radius 3 is 2.89 bits per heavy atom. The third-order valence-corrected chi connectivity index (χ3v) is 3.65. The van der Waals surface area contributed by atoms with Gasteiger partial charge in [0, 0.05) is 12.5 Å². The predicted molar refractivity (Wildman–Crippen MR) is 68.1 cm³/mol. The number of carbonyl (C=O) groups is 1. The van der Waals surface area contributed by atoms with Crippen LogP contribution in [0.3, 0.4) is 0 Å². The maximum Gasteiger partial charge on any atom is 0.234 e. The van der Waals surface area contributed by atoms with Crippen LogP contribution in [-0.4, -0.2) is 29.7 Å². The number of rotatable bonds is 4. The van der Waals surface area contributed by atoms with E-state index in [1.807, 2.05) is 24.3 Å². The molecule has 1 amide bonds. The minimum absolute atomic E-state index is 0.0392. The van der Waals surface area contributed by atoms with Crippen LogP contribution in [0.2, 0.25) is 0 Å². The van der Waals surface area contributed by atoms with Gasteiger partial charge in [-0.2, -0.15) is 0 Å². The number of nitrogens with one attached hydrogen (secondary N) is 2. The molecule has 96 valence electrons. The molecule has 3 rings (SSSR count). The van der Waals surface area contributed by atoms with Crippen molar-refractivity contribution in [1.29, 1.82) is 0 Å². The molecule has 2 aliphatic rings. The van der Waals surface area contributed by atoms with Crippen molar-refractivity contribution >= 4 is 5.91 Å². The summed E-state index contributed by atoms with van der Waals surface area (Å²) in [6.07, 6.45) is 2.45. The monoisotopic (exact) mass is 246 g/mol. The van der Waals surface area contributed by atoms with Gasteiger partial charge in [-0.25, -0.2) is 0 Å². The lowest BCUT2D eigenvalue weighted by Gasteiger charge is -2.18. The zero-order valence-corrected chi connectivity index (χ0v) is 10.2. The molecule has 4 nitrogen and oxygen atoms in total. The molecule has 18 heavy (non-hydrogen) atoms. The summed E-state index contributed by atoms with van der Waals surface area (Å²) in [7, 11) is 0. The molecular formula is C14H18N2O2. The molecule has 3 N–H and O–H groups in total. The predicted octanol–water partition coefficient (Wildman–Crippen LogP) is 0.513. The zero-order valence-electron chi connectivity index (χ0n) is 10.2. The molecule has 2 aliphatic carbocycles. The molecule has 0 aliphatic heterocycles. The number of aliphatic hydroxyl groups excluding tert-OH is 1. The normalized spacial score (nSPS) is 25.8. The first-order chi connectivity index (χ1) is 8.74. The van der Waals surface area contributed by atoms with Gasteiger partial charge >= 0.3 is 0 Å². The quantitative estimate of drug-likeness (QED) is 0.725. The number of fused-ring (bicyclic) bond motifs is 1. The van der Waals surface area contributed by atoms with Crippen LogP contribution in [0.1, 0.15) is 30.0 Å². The summed E-state index contributed by atoms with van der Waals surface area (Å²) < 4.78 is 0. The Balaban J connectivity index is 1.62. The smallest absolute Gasteiger partial charge is 0.234 e. The molecule has 0 heterocycles. The first-order valence-corrected chi connectivity index (χ1v) is 6.52. The Kier molecular flexibility index (Phi) is 3.06. The summed E-state index contributed by atoms with van der Waals surface area (Å²) >= 11 is 0. The molecule has 1 fully saturated rings. The lowest BCUT2D eigenvalue weighted by molar-refractivity contribution is -0.121. The average Bonchev–Trinajstić information content (AvgIpc) is 3.14. The fraction of sp³-hybridized carbons (Fsp3) is 0.500. The Bertz CT molecular complexity index is 457. The molecule has 0 radical (unpaired) electrons. The van der Waals surface area contributed by atoms with E-state index in [2.05, 4.69) is 10.6 Å². The Hall–Kier alpha value is -1.39. The van der Waals surface area contributed by atoms with Crippen LogP contribution in [-0.2, 0) is 11.2 Å². The van der Waals surface area contributed by atoms with Gasteiger partial charge in [0.2, 0.25) is 5.91 Å². The van der Waals surface area contributed by atoms with E-state index in [1.165, 1.54) is 12.8 Å². The van der Waals surface area contributed by atoms with Crippen LogP contribution in [0.15, 0.2) is 24.3 Å². The molecule has 2 atom stereocenters. The maximum atomic E-state index is 11.8. The second-order valence-electron chi connectivity index (χ2n) is 5.17. The van der Waals surface area contributed by atoms with E-state index in [4.69, 9.17) is 0 Å². The van der Waals surface area contributed by atoms with Gasteiger partial charge in [0.05, 0.1) is 18.7 Å². The average molecular weight is 246 g/mol. The summed E-state index contributed by atoms with van der Waals surface area (Å²) in [5.41, 5.74) is 2.18. The summed E-state index contributed by atoms with van der Waals surface area (Å²) in [6.45, 7) is 0.343. The maximum absolute atomic E-state index is 11.8. The van der Waals surface area contributed by atoms with Crippen molar-refractivity contribution < 1.29 is 9.90 Å². The van der Waals surface area contributed by atoms with Crippen LogP contribution >= 0.6 is 0 Å². The van der Waals surface area contributed by atoms with Gasteiger partial charge in [-0.1, -0.05) is 24.3 Å². The van der Waals surface area contributed by atoms with E-state index in [9.17, 15) is 9.90 Å². The number of amides is 1. The van der Waals surface area contributed by atoms with Crippen molar-refractivity contribution in [1.82, 2.24) is 10.6 Å². The molecular weight excluding hydrogens is 228 g/mol. The number of hydrogen-bond acceptors (Lipinski definition) is 3. The van der Waals surface area contributed by atoms with E-state index >= 15 is 0 Å². The van der Waals surface area contributed by atoms with Crippen LogP contribution < -0.4 is 10.6 Å². The lowest BCUT2D eigenvalue weighted by Crippen LogP contribution is -2.39. The molecule has 4 heteroatoms. The number of aliphatic hydroxyl groups is 1. The molecule has 0 saturated heterocycles. The van der Waals surface area contributed by atoms with E-state index in [-0.39, 0.29) is 11.9 Å². The number of benzene rings is 1. The van der Waals surface area contributed by atoms with Crippen molar-refractivity contribution in [2.75, 3.05) is 6.54 Å². The van der Waals surface area contributed by atoms with Gasteiger partial charge in [0.25, 0.3) is 0 Å².